The van der Waals surface area contributed by atoms with E-state index in [1.807, 2.05) is 18.2 Å². The number of phenolic OH excluding ortho intramolecular Hbond substituents is 1. The van der Waals surface area contributed by atoms with E-state index in [-0.39, 0.29) is 29.2 Å². The first-order valence-corrected chi connectivity index (χ1v) is 14.5. The van der Waals surface area contributed by atoms with Crippen LogP contribution < -0.4 is 20.1 Å². The highest BCUT2D eigenvalue weighted by atomic mass is 16.5. The molecule has 2 aromatic carbocycles. The first-order chi connectivity index (χ1) is 20.0. The van der Waals surface area contributed by atoms with Crippen molar-refractivity contribution in [2.24, 2.45) is 16.9 Å². The van der Waals surface area contributed by atoms with Crippen molar-refractivity contribution < 1.29 is 29.3 Å². The van der Waals surface area contributed by atoms with E-state index in [1.54, 1.807) is 31.4 Å². The molecule has 0 spiro atoms. The molecule has 10 heteroatoms. The first kappa shape index (κ1) is 30.3. The van der Waals surface area contributed by atoms with Crippen molar-refractivity contribution in [3.05, 3.63) is 47.5 Å². The Labute approximate surface area is 241 Å². The predicted molar refractivity (Wildman–Crippen MR) is 157 cm³/mol. The molecule has 2 amide bonds. The molecule has 0 radical (unpaired) electrons. The van der Waals surface area contributed by atoms with E-state index >= 15 is 0 Å². The van der Waals surface area contributed by atoms with E-state index < -0.39 is 6.10 Å². The lowest BCUT2D eigenvalue weighted by Gasteiger charge is -2.38. The van der Waals surface area contributed by atoms with Crippen molar-refractivity contribution in [1.29, 1.82) is 0 Å². The maximum Gasteiger partial charge on any atom is 0.246 e. The summed E-state index contributed by atoms with van der Waals surface area (Å²) in [6.45, 7) is 1.72. The van der Waals surface area contributed by atoms with Crippen molar-refractivity contribution in [3.8, 4) is 17.2 Å². The van der Waals surface area contributed by atoms with Crippen molar-refractivity contribution in [1.82, 2.24) is 10.3 Å². The Bertz CT molecular complexity index is 1220. The van der Waals surface area contributed by atoms with Gasteiger partial charge in [-0.05, 0) is 68.1 Å². The van der Waals surface area contributed by atoms with Gasteiger partial charge in [0.2, 0.25) is 12.3 Å². The maximum atomic E-state index is 13.3. The number of benzene rings is 2. The number of nitrogens with one attached hydrogen (secondary N) is 2. The first-order valence-electron chi connectivity index (χ1n) is 14.5. The molecule has 3 unspecified atom stereocenters. The van der Waals surface area contributed by atoms with E-state index in [2.05, 4.69) is 10.6 Å². The molecule has 1 aliphatic heterocycles. The molecule has 2 aromatic rings. The second-order valence-electron chi connectivity index (χ2n) is 10.7. The van der Waals surface area contributed by atoms with Gasteiger partial charge in [0, 0.05) is 30.5 Å². The molecular weight excluding hydrogens is 524 g/mol. The minimum absolute atomic E-state index is 0.0150. The monoisotopic (exact) mass is 566 g/mol. The molecule has 10 nitrogen and oxygen atoms in total. The van der Waals surface area contributed by atoms with E-state index in [0.717, 1.165) is 69.2 Å². The summed E-state index contributed by atoms with van der Waals surface area (Å²) in [4.78, 5) is 24.0. The minimum atomic E-state index is -0.755. The molecule has 222 valence electrons. The standard InChI is InChI=1S/C31H42N4O6/c1-40-28-14-12-22(18-29(28)41-2)30-23-9-5-6-10-24(23)31(39)35(34-30)16-8-4-3-7-15-32-19-27(38)21-11-13-26(37)25(17-21)33-20-36/h11-14,17-18,20,23-24,27,32,37-38H,3-10,15-16,19H2,1-2H3,(H,33,36). The summed E-state index contributed by atoms with van der Waals surface area (Å²) in [6, 6.07) is 10.5. The van der Waals surface area contributed by atoms with Gasteiger partial charge in [-0.25, -0.2) is 5.01 Å². The molecule has 1 fully saturated rings. The normalized spacial score (nSPS) is 19.2. The highest BCUT2D eigenvalue weighted by Gasteiger charge is 2.41. The van der Waals surface area contributed by atoms with E-state index in [4.69, 9.17) is 14.6 Å². The zero-order valence-electron chi connectivity index (χ0n) is 24.0. The molecule has 0 bridgehead atoms. The fraction of sp³-hybridized carbons (Fsp3) is 0.516. The molecule has 1 aliphatic carbocycles. The number of anilines is 1. The Balaban J connectivity index is 1.25. The van der Waals surface area contributed by atoms with Gasteiger partial charge >= 0.3 is 0 Å². The van der Waals surface area contributed by atoms with Crippen LogP contribution in [-0.4, -0.2) is 67.1 Å². The van der Waals surface area contributed by atoms with Crippen LogP contribution in [0.2, 0.25) is 0 Å². The summed E-state index contributed by atoms with van der Waals surface area (Å²) < 4.78 is 10.9. The smallest absolute Gasteiger partial charge is 0.246 e. The second-order valence-corrected chi connectivity index (χ2v) is 10.7. The SMILES string of the molecule is COc1ccc(C2=NN(CCCCCCNCC(O)c3ccc(O)c(NC=O)c3)C(=O)C3CCCCC23)cc1OC. The van der Waals surface area contributed by atoms with Crippen LogP contribution in [0.15, 0.2) is 41.5 Å². The number of amides is 2. The number of aromatic hydroxyl groups is 1. The fourth-order valence-electron chi connectivity index (χ4n) is 5.79. The Morgan fingerprint density at radius 2 is 1.78 bits per heavy atom. The maximum absolute atomic E-state index is 13.3. The number of phenols is 1. The second kappa shape index (κ2) is 14.8. The van der Waals surface area contributed by atoms with E-state index in [9.17, 15) is 19.8 Å². The summed E-state index contributed by atoms with van der Waals surface area (Å²) in [5.74, 6) is 1.56. The van der Waals surface area contributed by atoms with Crippen molar-refractivity contribution >= 4 is 23.7 Å². The van der Waals surface area contributed by atoms with Crippen LogP contribution in [0.3, 0.4) is 0 Å². The molecular formula is C31H42N4O6. The van der Waals surface area contributed by atoms with Gasteiger partial charge in [-0.2, -0.15) is 5.10 Å². The number of fused-ring (bicyclic) bond motifs is 1. The summed E-state index contributed by atoms with van der Waals surface area (Å²) in [6.07, 6.45) is 7.58. The minimum Gasteiger partial charge on any atom is -0.506 e. The number of carbonyl (C=O) groups excluding carboxylic acids is 2. The summed E-state index contributed by atoms with van der Waals surface area (Å²) in [5.41, 5.74) is 2.83. The molecule has 2 aliphatic rings. The zero-order valence-corrected chi connectivity index (χ0v) is 24.0. The number of hydrazone groups is 1. The van der Waals surface area contributed by atoms with Crippen LogP contribution in [0.25, 0.3) is 0 Å². The molecule has 0 aromatic heterocycles. The number of ether oxygens (including phenoxy) is 2. The van der Waals surface area contributed by atoms with Crippen LogP contribution in [0, 0.1) is 11.8 Å². The van der Waals surface area contributed by atoms with Gasteiger partial charge in [0.1, 0.15) is 5.75 Å². The molecule has 1 heterocycles. The summed E-state index contributed by atoms with van der Waals surface area (Å²) in [5, 5.41) is 32.5. The Morgan fingerprint density at radius 3 is 2.54 bits per heavy atom. The van der Waals surface area contributed by atoms with Crippen LogP contribution in [0.4, 0.5) is 5.69 Å². The number of aliphatic hydroxyl groups is 1. The number of carbonyl (C=O) groups is 2. The average Bonchev–Trinajstić information content (AvgIpc) is 3.00. The summed E-state index contributed by atoms with van der Waals surface area (Å²) >= 11 is 0. The molecule has 4 rings (SSSR count). The van der Waals surface area contributed by atoms with Crippen LogP contribution in [0.5, 0.6) is 17.2 Å². The number of nitrogens with zero attached hydrogens (tertiary/aromatic N) is 2. The molecule has 1 saturated carbocycles. The molecule has 3 atom stereocenters. The van der Waals surface area contributed by atoms with Crippen LogP contribution in [-0.2, 0) is 9.59 Å². The van der Waals surface area contributed by atoms with E-state index in [0.29, 0.717) is 36.6 Å². The Morgan fingerprint density at radius 1 is 1.02 bits per heavy atom. The third-order valence-electron chi connectivity index (χ3n) is 8.03. The van der Waals surface area contributed by atoms with E-state index in [1.165, 1.54) is 6.07 Å². The van der Waals surface area contributed by atoms with Gasteiger partial charge in [0.25, 0.3) is 0 Å². The fourth-order valence-corrected chi connectivity index (χ4v) is 5.79. The van der Waals surface area contributed by atoms with Gasteiger partial charge in [-0.15, -0.1) is 0 Å². The largest absolute Gasteiger partial charge is 0.506 e. The number of rotatable bonds is 15. The Kier molecular flexibility index (Phi) is 11.0. The molecule has 0 saturated heterocycles. The van der Waals surface area contributed by atoms with Crippen molar-refractivity contribution in [2.75, 3.05) is 39.2 Å². The third kappa shape index (κ3) is 7.56. The number of hydrogen-bond acceptors (Lipinski definition) is 8. The topological polar surface area (TPSA) is 133 Å². The van der Waals surface area contributed by atoms with Crippen LogP contribution in [0.1, 0.15) is 68.6 Å². The number of aliphatic hydroxyl groups excluding tert-OH is 1. The highest BCUT2D eigenvalue weighted by molar-refractivity contribution is 6.07. The highest BCUT2D eigenvalue weighted by Crippen LogP contribution is 2.39. The number of unbranched alkanes of at least 4 members (excludes halogenated alkanes) is 3. The quantitative estimate of drug-likeness (QED) is 0.144. The lowest BCUT2D eigenvalue weighted by Crippen LogP contribution is -2.46. The van der Waals surface area contributed by atoms with Gasteiger partial charge in [-0.3, -0.25) is 9.59 Å². The lowest BCUT2D eigenvalue weighted by molar-refractivity contribution is -0.139. The average molecular weight is 567 g/mol. The number of methoxy groups -OCH3 is 2. The van der Waals surface area contributed by atoms with Gasteiger partial charge in [0.15, 0.2) is 11.5 Å². The van der Waals surface area contributed by atoms with Gasteiger partial charge in [0.05, 0.1) is 31.7 Å². The van der Waals surface area contributed by atoms with Crippen LogP contribution >= 0.6 is 0 Å². The van der Waals surface area contributed by atoms with Crippen molar-refractivity contribution in [3.63, 3.8) is 0 Å². The molecule has 4 N–H and O–H groups in total. The third-order valence-corrected chi connectivity index (χ3v) is 8.03. The zero-order chi connectivity index (χ0) is 29.2. The Hall–Kier alpha value is -3.63. The predicted octanol–water partition coefficient (Wildman–Crippen LogP) is 4.21. The number of hydrogen-bond donors (Lipinski definition) is 4. The molecule has 41 heavy (non-hydrogen) atoms. The van der Waals surface area contributed by atoms with Crippen molar-refractivity contribution in [2.45, 2.75) is 57.5 Å². The van der Waals surface area contributed by atoms with Gasteiger partial charge in [-0.1, -0.05) is 31.7 Å². The summed E-state index contributed by atoms with van der Waals surface area (Å²) in [7, 11) is 3.25. The lowest BCUT2D eigenvalue weighted by atomic mass is 9.73. The van der Waals surface area contributed by atoms with Gasteiger partial charge < -0.3 is 30.3 Å².